The van der Waals surface area contributed by atoms with Crippen molar-refractivity contribution in [3.63, 3.8) is 0 Å². The van der Waals surface area contributed by atoms with Crippen LogP contribution in [0.3, 0.4) is 0 Å². The topological polar surface area (TPSA) is 95.4 Å². The van der Waals surface area contributed by atoms with E-state index < -0.39 is 0 Å². The zero-order chi connectivity index (χ0) is 25.0. The molecule has 1 aliphatic heterocycles. The molecule has 0 amide bonds. The lowest BCUT2D eigenvalue weighted by atomic mass is 9.99. The van der Waals surface area contributed by atoms with Crippen LogP contribution in [0.1, 0.15) is 66.5 Å². The molecule has 3 aromatic rings. The summed E-state index contributed by atoms with van der Waals surface area (Å²) in [6.07, 6.45) is 3.99. The predicted octanol–water partition coefficient (Wildman–Crippen LogP) is 4.92. The van der Waals surface area contributed by atoms with Gasteiger partial charge in [0.05, 0.1) is 5.71 Å². The molecule has 180 valence electrons. The van der Waals surface area contributed by atoms with Gasteiger partial charge in [-0.25, -0.2) is 0 Å². The van der Waals surface area contributed by atoms with Crippen molar-refractivity contribution in [2.24, 2.45) is 10.7 Å². The zero-order valence-electron chi connectivity index (χ0n) is 21.0. The SMILES string of the molecule is CC(=O)OC(C)(C)C.Cc1sc2c(c1C)C(c1ccc(/C=C/CN)cc1)=NCc1nnc(C)n1-2. The highest BCUT2D eigenvalue weighted by Gasteiger charge is 2.26. The van der Waals surface area contributed by atoms with Gasteiger partial charge in [0.2, 0.25) is 0 Å². The average molecular weight is 480 g/mol. The van der Waals surface area contributed by atoms with Crippen LogP contribution in [0.25, 0.3) is 11.1 Å². The van der Waals surface area contributed by atoms with Crippen molar-refractivity contribution >= 4 is 29.1 Å². The number of hydrogen-bond donors (Lipinski definition) is 1. The fourth-order valence-corrected chi connectivity index (χ4v) is 4.90. The van der Waals surface area contributed by atoms with Gasteiger partial charge in [-0.2, -0.15) is 0 Å². The number of hydrogen-bond acceptors (Lipinski definition) is 7. The highest BCUT2D eigenvalue weighted by molar-refractivity contribution is 7.15. The first kappa shape index (κ1) is 25.5. The molecule has 2 aromatic heterocycles. The van der Waals surface area contributed by atoms with Crippen LogP contribution >= 0.6 is 11.3 Å². The van der Waals surface area contributed by atoms with E-state index in [4.69, 9.17) is 15.5 Å². The second-order valence-electron chi connectivity index (χ2n) is 9.09. The van der Waals surface area contributed by atoms with Crippen LogP contribution in [0, 0.1) is 20.8 Å². The Balaban J connectivity index is 0.000000350. The molecule has 0 fully saturated rings. The number of benzene rings is 1. The van der Waals surface area contributed by atoms with Crippen LogP contribution in [-0.2, 0) is 16.1 Å². The zero-order valence-corrected chi connectivity index (χ0v) is 21.8. The lowest BCUT2D eigenvalue weighted by molar-refractivity contribution is -0.151. The Labute approximate surface area is 205 Å². The van der Waals surface area contributed by atoms with Crippen LogP contribution in [0.4, 0.5) is 0 Å². The first-order chi connectivity index (χ1) is 16.0. The second-order valence-corrected chi connectivity index (χ2v) is 10.3. The molecule has 0 saturated heterocycles. The predicted molar refractivity (Wildman–Crippen MR) is 139 cm³/mol. The Morgan fingerprint density at radius 3 is 2.41 bits per heavy atom. The summed E-state index contributed by atoms with van der Waals surface area (Å²) in [5.74, 6) is 1.57. The number of fused-ring (bicyclic) bond motifs is 3. The normalized spacial score (nSPS) is 12.9. The van der Waals surface area contributed by atoms with Crippen LogP contribution in [0.5, 0.6) is 0 Å². The van der Waals surface area contributed by atoms with E-state index in [2.05, 4.69) is 52.9 Å². The molecule has 0 unspecified atom stereocenters. The van der Waals surface area contributed by atoms with Gasteiger partial charge in [-0.1, -0.05) is 36.4 Å². The van der Waals surface area contributed by atoms with Crippen molar-refractivity contribution in [3.05, 3.63) is 69.1 Å². The van der Waals surface area contributed by atoms with E-state index in [1.54, 1.807) is 11.3 Å². The number of rotatable bonds is 3. The van der Waals surface area contributed by atoms with E-state index in [-0.39, 0.29) is 11.6 Å². The Morgan fingerprint density at radius 2 is 1.85 bits per heavy atom. The van der Waals surface area contributed by atoms with Gasteiger partial charge >= 0.3 is 5.97 Å². The fourth-order valence-electron chi connectivity index (χ4n) is 3.67. The van der Waals surface area contributed by atoms with Crippen molar-refractivity contribution in [3.8, 4) is 5.00 Å². The van der Waals surface area contributed by atoms with E-state index in [1.807, 2.05) is 39.8 Å². The van der Waals surface area contributed by atoms with Gasteiger partial charge in [0.15, 0.2) is 5.82 Å². The lowest BCUT2D eigenvalue weighted by Crippen LogP contribution is -2.21. The van der Waals surface area contributed by atoms with Crippen LogP contribution in [0.2, 0.25) is 0 Å². The molecule has 7 nitrogen and oxygen atoms in total. The summed E-state index contributed by atoms with van der Waals surface area (Å²) in [6, 6.07) is 8.47. The van der Waals surface area contributed by atoms with Gasteiger partial charge in [-0.05, 0) is 52.7 Å². The third-order valence-electron chi connectivity index (χ3n) is 5.16. The minimum atomic E-state index is -0.328. The maximum absolute atomic E-state index is 10.2. The number of thiophene rings is 1. The van der Waals surface area contributed by atoms with Crippen molar-refractivity contribution in [1.82, 2.24) is 14.8 Å². The number of nitrogens with zero attached hydrogens (tertiary/aromatic N) is 4. The van der Waals surface area contributed by atoms with Crippen molar-refractivity contribution in [2.75, 3.05) is 6.54 Å². The summed E-state index contributed by atoms with van der Waals surface area (Å²) in [7, 11) is 0. The summed E-state index contributed by atoms with van der Waals surface area (Å²) in [5.41, 5.74) is 11.0. The minimum absolute atomic E-state index is 0.225. The van der Waals surface area contributed by atoms with Gasteiger partial charge in [0, 0.05) is 29.5 Å². The molecule has 8 heteroatoms. The molecular weight excluding hydrogens is 446 g/mol. The molecule has 0 bridgehead atoms. The largest absolute Gasteiger partial charge is 0.460 e. The monoisotopic (exact) mass is 479 g/mol. The number of aromatic nitrogens is 3. The number of aliphatic imine (C=N–C) groups is 1. The van der Waals surface area contributed by atoms with E-state index in [0.717, 1.165) is 28.5 Å². The fraction of sp³-hybridized carbons (Fsp3) is 0.385. The molecular formula is C26H33N5O2S. The summed E-state index contributed by atoms with van der Waals surface area (Å²) in [6.45, 7) is 14.3. The van der Waals surface area contributed by atoms with E-state index >= 15 is 0 Å². The van der Waals surface area contributed by atoms with Crippen molar-refractivity contribution < 1.29 is 9.53 Å². The lowest BCUT2D eigenvalue weighted by Gasteiger charge is -2.17. The van der Waals surface area contributed by atoms with Gasteiger partial charge in [-0.3, -0.25) is 14.4 Å². The summed E-state index contributed by atoms with van der Waals surface area (Å²) < 4.78 is 6.95. The smallest absolute Gasteiger partial charge is 0.303 e. The number of aryl methyl sites for hydroxylation is 2. The van der Waals surface area contributed by atoms with Gasteiger partial charge in [0.25, 0.3) is 0 Å². The molecule has 1 aliphatic rings. The summed E-state index contributed by atoms with van der Waals surface area (Å²) in [4.78, 5) is 16.5. The number of ether oxygens (including phenoxy) is 1. The second kappa shape index (κ2) is 10.4. The van der Waals surface area contributed by atoms with Crippen LogP contribution in [0.15, 0.2) is 35.3 Å². The van der Waals surface area contributed by atoms with Gasteiger partial charge in [-0.15, -0.1) is 21.5 Å². The first-order valence-corrected chi connectivity index (χ1v) is 12.1. The molecule has 0 spiro atoms. The molecule has 3 heterocycles. The van der Waals surface area contributed by atoms with Crippen LogP contribution in [-0.4, -0.2) is 38.6 Å². The van der Waals surface area contributed by atoms with E-state index in [9.17, 15) is 4.79 Å². The molecule has 4 rings (SSSR count). The van der Waals surface area contributed by atoms with E-state index in [1.165, 1.54) is 27.9 Å². The minimum Gasteiger partial charge on any atom is -0.460 e. The molecule has 0 atom stereocenters. The number of esters is 1. The van der Waals surface area contributed by atoms with Crippen LogP contribution < -0.4 is 5.73 Å². The highest BCUT2D eigenvalue weighted by Crippen LogP contribution is 2.36. The van der Waals surface area contributed by atoms with Crippen molar-refractivity contribution in [2.45, 2.75) is 60.6 Å². The Morgan fingerprint density at radius 1 is 1.18 bits per heavy atom. The van der Waals surface area contributed by atoms with E-state index in [0.29, 0.717) is 13.1 Å². The standard InChI is InChI=1S/C20H21N5S.C6H12O2/c1-12-13(2)26-20-18(12)19(22-11-17-24-23-14(3)25(17)20)16-8-6-15(7-9-16)5-4-10-21;1-5(7)8-6(2,3)4/h4-9H,10-11,21H2,1-3H3;1-4H3/b5-4+;. The molecule has 0 aliphatic carbocycles. The number of carbonyl (C=O) groups excluding carboxylic acids is 1. The van der Waals surface area contributed by atoms with Gasteiger partial charge < -0.3 is 10.5 Å². The quantitative estimate of drug-likeness (QED) is 0.538. The maximum atomic E-state index is 10.2. The molecule has 1 aromatic carbocycles. The average Bonchev–Trinajstić information content (AvgIpc) is 3.19. The Bertz CT molecular complexity index is 1230. The molecule has 0 saturated carbocycles. The third kappa shape index (κ3) is 5.87. The Kier molecular flexibility index (Phi) is 7.84. The van der Waals surface area contributed by atoms with Gasteiger partial charge in [0.1, 0.15) is 23.0 Å². The molecule has 0 radical (unpaired) electrons. The highest BCUT2D eigenvalue weighted by atomic mass is 32.1. The number of carbonyl (C=O) groups is 1. The molecule has 2 N–H and O–H groups in total. The maximum Gasteiger partial charge on any atom is 0.303 e. The number of nitrogens with two attached hydrogens (primary N) is 1. The Hall–Kier alpha value is -3.10. The van der Waals surface area contributed by atoms with Crippen molar-refractivity contribution in [1.29, 1.82) is 0 Å². The summed E-state index contributed by atoms with van der Waals surface area (Å²) in [5, 5.41) is 9.74. The first-order valence-electron chi connectivity index (χ1n) is 11.2. The summed E-state index contributed by atoms with van der Waals surface area (Å²) >= 11 is 1.78. The third-order valence-corrected chi connectivity index (χ3v) is 6.35. The molecule has 34 heavy (non-hydrogen) atoms.